The summed E-state index contributed by atoms with van der Waals surface area (Å²) >= 11 is 0. The fraction of sp³-hybridized carbons (Fsp3) is 0.732. The van der Waals surface area contributed by atoms with E-state index in [0.29, 0.717) is 12.8 Å². The molecule has 0 saturated heterocycles. The molecule has 0 aromatic rings. The Morgan fingerprint density at radius 1 is 0.355 bits per heavy atom. The average molecular weight is 865 g/mol. The van der Waals surface area contributed by atoms with Gasteiger partial charge in [0.25, 0.3) is 0 Å². The molecule has 0 N–H and O–H groups in total. The Balaban J connectivity index is 4.23. The zero-order chi connectivity index (χ0) is 45.1. The quantitative estimate of drug-likeness (QED) is 0.0262. The molecule has 6 heteroatoms. The van der Waals surface area contributed by atoms with Crippen molar-refractivity contribution in [1.29, 1.82) is 0 Å². The van der Waals surface area contributed by atoms with Crippen LogP contribution in [0.15, 0.2) is 72.9 Å². The van der Waals surface area contributed by atoms with E-state index in [1.54, 1.807) is 6.08 Å². The van der Waals surface area contributed by atoms with E-state index in [2.05, 4.69) is 81.5 Å². The summed E-state index contributed by atoms with van der Waals surface area (Å²) in [6.07, 6.45) is 63.8. The minimum Gasteiger partial charge on any atom is -0.462 e. The van der Waals surface area contributed by atoms with Crippen molar-refractivity contribution >= 4 is 17.9 Å². The Hall–Kier alpha value is -3.15. The van der Waals surface area contributed by atoms with E-state index in [1.807, 2.05) is 6.08 Å². The maximum Gasteiger partial charge on any atom is 0.310 e. The van der Waals surface area contributed by atoms with Gasteiger partial charge in [0.15, 0.2) is 6.10 Å². The topological polar surface area (TPSA) is 78.9 Å². The molecule has 1 unspecified atom stereocenters. The fourth-order valence-electron chi connectivity index (χ4n) is 7.10. The minimum absolute atomic E-state index is 0.0982. The highest BCUT2D eigenvalue weighted by Gasteiger charge is 2.19. The lowest BCUT2D eigenvalue weighted by Crippen LogP contribution is -2.30. The average Bonchev–Trinajstić information content (AvgIpc) is 3.27. The number of carbonyl (C=O) groups excluding carboxylic acids is 3. The van der Waals surface area contributed by atoms with Crippen molar-refractivity contribution in [2.75, 3.05) is 13.2 Å². The Morgan fingerprint density at radius 3 is 1.05 bits per heavy atom. The van der Waals surface area contributed by atoms with Crippen LogP contribution in [0.5, 0.6) is 0 Å². The zero-order valence-electron chi connectivity index (χ0n) is 40.6. The number of ether oxygens (including phenoxy) is 3. The molecule has 0 aromatic heterocycles. The third-order valence-corrected chi connectivity index (χ3v) is 11.0. The van der Waals surface area contributed by atoms with Crippen LogP contribution in [0, 0.1) is 0 Å². The molecule has 0 saturated carbocycles. The van der Waals surface area contributed by atoms with Crippen LogP contribution in [0.4, 0.5) is 0 Å². The van der Waals surface area contributed by atoms with Crippen LogP contribution >= 0.6 is 0 Å². The number of carbonyl (C=O) groups is 3. The van der Waals surface area contributed by atoms with Crippen molar-refractivity contribution in [2.45, 2.75) is 252 Å². The van der Waals surface area contributed by atoms with Gasteiger partial charge in [-0.2, -0.15) is 0 Å². The lowest BCUT2D eigenvalue weighted by Gasteiger charge is -2.18. The van der Waals surface area contributed by atoms with Gasteiger partial charge >= 0.3 is 17.9 Å². The van der Waals surface area contributed by atoms with Crippen LogP contribution in [0.25, 0.3) is 0 Å². The van der Waals surface area contributed by atoms with Crippen LogP contribution in [-0.2, 0) is 28.6 Å². The summed E-state index contributed by atoms with van der Waals surface area (Å²) in [6.45, 7) is 6.38. The molecule has 0 aliphatic rings. The Kier molecular flexibility index (Phi) is 47.9. The first kappa shape index (κ1) is 58.9. The molecule has 0 rings (SSSR count). The second-order valence-electron chi connectivity index (χ2n) is 17.1. The van der Waals surface area contributed by atoms with E-state index in [9.17, 15) is 14.4 Å². The minimum atomic E-state index is -0.825. The summed E-state index contributed by atoms with van der Waals surface area (Å²) in [5.74, 6) is -1.05. The number of hydrogen-bond donors (Lipinski definition) is 0. The number of esters is 3. The first-order valence-corrected chi connectivity index (χ1v) is 25.9. The molecule has 0 bridgehead atoms. The van der Waals surface area contributed by atoms with Gasteiger partial charge in [-0.25, -0.2) is 0 Å². The molecule has 0 aromatic carbocycles. The van der Waals surface area contributed by atoms with Gasteiger partial charge in [0.1, 0.15) is 13.2 Å². The molecule has 0 fully saturated rings. The zero-order valence-corrected chi connectivity index (χ0v) is 40.6. The van der Waals surface area contributed by atoms with Crippen LogP contribution < -0.4 is 0 Å². The van der Waals surface area contributed by atoms with Crippen molar-refractivity contribution < 1.29 is 28.6 Å². The summed E-state index contributed by atoms with van der Waals surface area (Å²) in [4.78, 5) is 37.6. The van der Waals surface area contributed by atoms with E-state index in [4.69, 9.17) is 14.2 Å². The van der Waals surface area contributed by atoms with Gasteiger partial charge in [-0.1, -0.05) is 229 Å². The molecule has 62 heavy (non-hydrogen) atoms. The standard InChI is InChI=1S/C56H96O6/c1-4-7-10-13-16-18-20-22-24-25-26-27-28-29-30-31-33-34-36-38-40-43-46-49-55(58)61-52-53(51-60-54(57)48-45-42-15-12-9-6-3)62-56(59)50-47-44-41-39-37-35-32-23-21-19-17-14-11-8-5-2/h8,11,17,19,23,25-26,32,37,39,44,47,53H,4-7,9-10,12-16,18,20-22,24,27-31,33-36,38,40-43,45-46,48-52H2,1-3H3/b11-8-,19-17-,26-25-,32-23-,39-37-,47-44-. The normalized spacial score (nSPS) is 12.6. The van der Waals surface area contributed by atoms with Gasteiger partial charge in [0, 0.05) is 12.8 Å². The van der Waals surface area contributed by atoms with Crippen molar-refractivity contribution in [3.05, 3.63) is 72.9 Å². The van der Waals surface area contributed by atoms with Gasteiger partial charge in [0.2, 0.25) is 0 Å². The summed E-state index contributed by atoms with van der Waals surface area (Å²) in [7, 11) is 0. The van der Waals surface area contributed by atoms with E-state index in [0.717, 1.165) is 70.6 Å². The largest absolute Gasteiger partial charge is 0.462 e. The number of allylic oxidation sites excluding steroid dienone is 11. The summed E-state index contributed by atoms with van der Waals surface area (Å²) in [5.41, 5.74) is 0. The van der Waals surface area contributed by atoms with Crippen molar-refractivity contribution in [3.8, 4) is 0 Å². The van der Waals surface area contributed by atoms with E-state index in [-0.39, 0.29) is 31.6 Å². The summed E-state index contributed by atoms with van der Waals surface area (Å²) < 4.78 is 16.6. The van der Waals surface area contributed by atoms with Gasteiger partial charge in [-0.05, 0) is 70.6 Å². The molecule has 0 amide bonds. The van der Waals surface area contributed by atoms with Gasteiger partial charge in [-0.3, -0.25) is 14.4 Å². The van der Waals surface area contributed by atoms with Crippen molar-refractivity contribution in [3.63, 3.8) is 0 Å². The predicted molar refractivity (Wildman–Crippen MR) is 265 cm³/mol. The first-order valence-electron chi connectivity index (χ1n) is 25.9. The van der Waals surface area contributed by atoms with Gasteiger partial charge in [-0.15, -0.1) is 0 Å². The maximum absolute atomic E-state index is 12.7. The third kappa shape index (κ3) is 47.9. The molecule has 356 valence electrons. The molecule has 0 spiro atoms. The Morgan fingerprint density at radius 2 is 0.677 bits per heavy atom. The second kappa shape index (κ2) is 50.5. The SMILES string of the molecule is CC/C=C\C/C=C\C/C=C\C/C=C\C/C=C\CC(=O)OC(COC(=O)CCCCCCCC)COC(=O)CCCCCCCCCCCCC/C=C\CCCCCCCCCC. The fourth-order valence-corrected chi connectivity index (χ4v) is 7.10. The Labute approximate surface area is 382 Å². The molecular weight excluding hydrogens is 769 g/mol. The Bertz CT molecular complexity index is 1180. The van der Waals surface area contributed by atoms with Crippen LogP contribution in [-0.4, -0.2) is 37.2 Å². The highest BCUT2D eigenvalue weighted by atomic mass is 16.6. The number of hydrogen-bond acceptors (Lipinski definition) is 6. The van der Waals surface area contributed by atoms with Crippen molar-refractivity contribution in [2.24, 2.45) is 0 Å². The van der Waals surface area contributed by atoms with Crippen LogP contribution in [0.2, 0.25) is 0 Å². The predicted octanol–water partition coefficient (Wildman–Crippen LogP) is 17.0. The highest BCUT2D eigenvalue weighted by Crippen LogP contribution is 2.15. The maximum atomic E-state index is 12.7. The van der Waals surface area contributed by atoms with Crippen molar-refractivity contribution in [1.82, 2.24) is 0 Å². The molecular formula is C56H96O6. The van der Waals surface area contributed by atoms with E-state index >= 15 is 0 Å². The molecule has 0 heterocycles. The lowest BCUT2D eigenvalue weighted by molar-refractivity contribution is -0.166. The van der Waals surface area contributed by atoms with Crippen LogP contribution in [0.3, 0.4) is 0 Å². The first-order chi connectivity index (χ1) is 30.5. The lowest BCUT2D eigenvalue weighted by atomic mass is 10.0. The van der Waals surface area contributed by atoms with Crippen LogP contribution in [0.1, 0.15) is 245 Å². The summed E-state index contributed by atoms with van der Waals surface area (Å²) in [6, 6.07) is 0. The smallest absolute Gasteiger partial charge is 0.310 e. The molecule has 0 radical (unpaired) electrons. The molecule has 1 atom stereocenters. The second-order valence-corrected chi connectivity index (χ2v) is 17.1. The highest BCUT2D eigenvalue weighted by molar-refractivity contribution is 5.72. The molecule has 0 aliphatic heterocycles. The molecule has 0 aliphatic carbocycles. The van der Waals surface area contributed by atoms with Gasteiger partial charge in [0.05, 0.1) is 6.42 Å². The monoisotopic (exact) mass is 865 g/mol. The number of rotatable bonds is 46. The number of unbranched alkanes of at least 4 members (excludes halogenated alkanes) is 24. The van der Waals surface area contributed by atoms with Gasteiger partial charge < -0.3 is 14.2 Å². The summed E-state index contributed by atoms with van der Waals surface area (Å²) in [5, 5.41) is 0. The van der Waals surface area contributed by atoms with E-state index < -0.39 is 12.1 Å². The van der Waals surface area contributed by atoms with E-state index in [1.165, 1.54) is 135 Å². The third-order valence-electron chi connectivity index (χ3n) is 11.0. The molecule has 6 nitrogen and oxygen atoms in total.